The largest absolute Gasteiger partial charge is 0.508 e. The molecule has 1 N–H and O–H groups in total. The minimum absolute atomic E-state index is 0.154. The number of hydrogen-bond donors (Lipinski definition) is 1. The van der Waals surface area contributed by atoms with E-state index in [-0.39, 0.29) is 32.0 Å². The summed E-state index contributed by atoms with van der Waals surface area (Å²) < 4.78 is 16.8. The third-order valence-corrected chi connectivity index (χ3v) is 7.69. The number of hydrogen-bond acceptors (Lipinski definition) is 6. The Hall–Kier alpha value is -2.50. The van der Waals surface area contributed by atoms with Crippen LogP contribution >= 0.6 is 0 Å². The van der Waals surface area contributed by atoms with Crippen LogP contribution in [0.5, 0.6) is 5.75 Å². The average Bonchev–Trinajstić information content (AvgIpc) is 2.77. The zero-order chi connectivity index (χ0) is 23.6. The summed E-state index contributed by atoms with van der Waals surface area (Å²) >= 11 is 0. The maximum Gasteiger partial charge on any atom is 0.323 e. The molecule has 180 valence electrons. The van der Waals surface area contributed by atoms with Crippen LogP contribution in [0.3, 0.4) is 0 Å². The zero-order valence-corrected chi connectivity index (χ0v) is 20.0. The van der Waals surface area contributed by atoms with Gasteiger partial charge in [0.25, 0.3) is 0 Å². The molecule has 1 aromatic carbocycles. The van der Waals surface area contributed by atoms with E-state index in [0.29, 0.717) is 11.8 Å². The van der Waals surface area contributed by atoms with Gasteiger partial charge >= 0.3 is 11.9 Å². The Morgan fingerprint density at radius 2 is 1.52 bits per heavy atom. The quantitative estimate of drug-likeness (QED) is 0.316. The van der Waals surface area contributed by atoms with Crippen molar-refractivity contribution in [2.75, 3.05) is 19.8 Å². The molecule has 5 rings (SSSR count). The van der Waals surface area contributed by atoms with Gasteiger partial charge in [0.1, 0.15) is 11.5 Å². The Morgan fingerprint density at radius 1 is 0.939 bits per heavy atom. The summed E-state index contributed by atoms with van der Waals surface area (Å²) in [6.07, 6.45) is 6.34. The molecule has 0 heterocycles. The summed E-state index contributed by atoms with van der Waals surface area (Å²) in [4.78, 5) is 25.3. The minimum atomic E-state index is -1.43. The molecule has 1 aromatic rings. The summed E-state index contributed by atoms with van der Waals surface area (Å²) in [5.41, 5.74) is 0.790. The molecule has 0 spiro atoms. The molecule has 6 nitrogen and oxygen atoms in total. The monoisotopic (exact) mass is 456 g/mol. The van der Waals surface area contributed by atoms with Crippen LogP contribution in [0, 0.1) is 29.1 Å². The smallest absolute Gasteiger partial charge is 0.323 e. The van der Waals surface area contributed by atoms with Crippen LogP contribution in [-0.4, -0.2) is 36.9 Å². The van der Waals surface area contributed by atoms with E-state index in [4.69, 9.17) is 14.2 Å². The molecule has 0 radical (unpaired) electrons. The zero-order valence-electron chi connectivity index (χ0n) is 20.0. The lowest BCUT2D eigenvalue weighted by Crippen LogP contribution is -2.41. The van der Waals surface area contributed by atoms with E-state index in [9.17, 15) is 14.7 Å². The van der Waals surface area contributed by atoms with Gasteiger partial charge in [-0.05, 0) is 94.3 Å². The third-order valence-electron chi connectivity index (χ3n) is 7.69. The van der Waals surface area contributed by atoms with Crippen molar-refractivity contribution in [3.8, 4) is 5.75 Å². The number of ether oxygens (including phenoxy) is 3. The number of carbonyl (C=O) groups is 2. The lowest BCUT2D eigenvalue weighted by molar-refractivity contribution is -0.171. The van der Waals surface area contributed by atoms with Crippen LogP contribution in [0.4, 0.5) is 0 Å². The third kappa shape index (κ3) is 4.75. The van der Waals surface area contributed by atoms with Crippen molar-refractivity contribution in [2.24, 2.45) is 29.1 Å². The number of phenolic OH excluding ortho intramolecular Hbond substituents is 1. The SMILES string of the molecule is CCOC(=O)C(C)(CCOC(=C1C2CC3CC(C2)CC1C3)c1cccc(O)c1)C(=O)OCC. The predicted octanol–water partition coefficient (Wildman–Crippen LogP) is 5.10. The van der Waals surface area contributed by atoms with E-state index in [2.05, 4.69) is 0 Å². The van der Waals surface area contributed by atoms with Crippen molar-refractivity contribution in [1.82, 2.24) is 0 Å². The lowest BCUT2D eigenvalue weighted by atomic mass is 9.54. The lowest BCUT2D eigenvalue weighted by Gasteiger charge is -2.51. The molecule has 0 unspecified atom stereocenters. The molecule has 4 aliphatic carbocycles. The predicted molar refractivity (Wildman–Crippen MR) is 124 cm³/mol. The summed E-state index contributed by atoms with van der Waals surface area (Å²) in [6, 6.07) is 7.18. The van der Waals surface area contributed by atoms with E-state index in [1.807, 2.05) is 12.1 Å². The van der Waals surface area contributed by atoms with E-state index >= 15 is 0 Å². The molecule has 0 atom stereocenters. The first-order valence-electron chi connectivity index (χ1n) is 12.4. The van der Waals surface area contributed by atoms with E-state index in [1.165, 1.54) is 37.7 Å². The highest BCUT2D eigenvalue weighted by Gasteiger charge is 2.47. The number of aromatic hydroxyl groups is 1. The molecular weight excluding hydrogens is 420 g/mol. The van der Waals surface area contributed by atoms with Gasteiger partial charge in [0.05, 0.1) is 19.8 Å². The molecular formula is C27H36O6. The van der Waals surface area contributed by atoms with Crippen molar-refractivity contribution >= 4 is 17.7 Å². The summed E-state index contributed by atoms with van der Waals surface area (Å²) in [5, 5.41) is 10.1. The normalized spacial score (nSPS) is 25.6. The van der Waals surface area contributed by atoms with Crippen LogP contribution in [0.15, 0.2) is 29.8 Å². The number of esters is 2. The highest BCUT2D eigenvalue weighted by Crippen LogP contribution is 2.58. The first-order valence-corrected chi connectivity index (χ1v) is 12.4. The van der Waals surface area contributed by atoms with E-state index in [1.54, 1.807) is 32.9 Å². The fourth-order valence-electron chi connectivity index (χ4n) is 6.27. The topological polar surface area (TPSA) is 82.1 Å². The Labute approximate surface area is 196 Å². The minimum Gasteiger partial charge on any atom is -0.508 e. The van der Waals surface area contributed by atoms with Crippen molar-refractivity contribution in [2.45, 2.75) is 59.3 Å². The summed E-state index contributed by atoms with van der Waals surface area (Å²) in [7, 11) is 0. The number of carbonyl (C=O) groups excluding carboxylic acids is 2. The molecule has 6 heteroatoms. The molecule has 0 aliphatic heterocycles. The Kier molecular flexibility index (Phi) is 7.01. The first kappa shape index (κ1) is 23.7. The van der Waals surface area contributed by atoms with Gasteiger partial charge in [0.15, 0.2) is 5.41 Å². The van der Waals surface area contributed by atoms with Crippen LogP contribution in [-0.2, 0) is 23.8 Å². The van der Waals surface area contributed by atoms with Gasteiger partial charge < -0.3 is 19.3 Å². The van der Waals surface area contributed by atoms with Gasteiger partial charge in [-0.15, -0.1) is 0 Å². The second-order valence-corrected chi connectivity index (χ2v) is 10.0. The number of allylic oxidation sites excluding steroid dienone is 1. The van der Waals surface area contributed by atoms with Crippen molar-refractivity contribution in [3.05, 3.63) is 35.4 Å². The van der Waals surface area contributed by atoms with Gasteiger partial charge in [-0.1, -0.05) is 12.1 Å². The highest BCUT2D eigenvalue weighted by atomic mass is 16.6. The Morgan fingerprint density at radius 3 is 2.03 bits per heavy atom. The van der Waals surface area contributed by atoms with Crippen LogP contribution < -0.4 is 0 Å². The number of phenols is 1. The van der Waals surface area contributed by atoms with Crippen molar-refractivity contribution < 1.29 is 28.9 Å². The van der Waals surface area contributed by atoms with Gasteiger partial charge in [0, 0.05) is 12.0 Å². The van der Waals surface area contributed by atoms with Crippen LogP contribution in [0.25, 0.3) is 5.76 Å². The molecule has 0 aromatic heterocycles. The van der Waals surface area contributed by atoms with Gasteiger partial charge in [-0.25, -0.2) is 0 Å². The van der Waals surface area contributed by atoms with Crippen LogP contribution in [0.2, 0.25) is 0 Å². The van der Waals surface area contributed by atoms with Gasteiger partial charge in [-0.2, -0.15) is 0 Å². The molecule has 0 saturated heterocycles. The standard InChI is InChI=1S/C27H36O6/c1-4-31-25(29)27(3,26(30)32-5-2)9-10-33-24(19-7-6-8-22(28)16-19)23-20-12-17-11-18(14-20)15-21(23)13-17/h6-8,16-18,20-21,28H,4-5,9-15H2,1-3H3. The summed E-state index contributed by atoms with van der Waals surface area (Å²) in [5.74, 6) is 2.49. The fraction of sp³-hybridized carbons (Fsp3) is 0.630. The van der Waals surface area contributed by atoms with Gasteiger partial charge in [-0.3, -0.25) is 9.59 Å². The second kappa shape index (κ2) is 9.78. The molecule has 4 aliphatic rings. The number of rotatable bonds is 9. The molecule has 33 heavy (non-hydrogen) atoms. The van der Waals surface area contributed by atoms with E-state index < -0.39 is 17.4 Å². The second-order valence-electron chi connectivity index (χ2n) is 10.0. The molecule has 4 saturated carbocycles. The van der Waals surface area contributed by atoms with E-state index in [0.717, 1.165) is 23.2 Å². The maximum atomic E-state index is 12.7. The molecule has 4 bridgehead atoms. The highest BCUT2D eigenvalue weighted by molar-refractivity contribution is 5.99. The van der Waals surface area contributed by atoms with Crippen molar-refractivity contribution in [1.29, 1.82) is 0 Å². The Balaban J connectivity index is 1.60. The molecule has 4 fully saturated rings. The molecule has 0 amide bonds. The van der Waals surface area contributed by atoms with Crippen molar-refractivity contribution in [3.63, 3.8) is 0 Å². The van der Waals surface area contributed by atoms with Crippen LogP contribution in [0.1, 0.15) is 64.9 Å². The summed E-state index contributed by atoms with van der Waals surface area (Å²) in [6.45, 7) is 5.57. The average molecular weight is 457 g/mol. The maximum absolute atomic E-state index is 12.7. The Bertz CT molecular complexity index is 869. The number of benzene rings is 1. The van der Waals surface area contributed by atoms with Gasteiger partial charge in [0.2, 0.25) is 0 Å². The fourth-order valence-corrected chi connectivity index (χ4v) is 6.27. The first-order chi connectivity index (χ1) is 15.9.